The Kier molecular flexibility index (Phi) is 4.67. The summed E-state index contributed by atoms with van der Waals surface area (Å²) in [5, 5.41) is 25.5. The summed E-state index contributed by atoms with van der Waals surface area (Å²) in [6, 6.07) is 11.6. The van der Waals surface area contributed by atoms with Crippen LogP contribution in [0, 0.1) is 10.1 Å². The van der Waals surface area contributed by atoms with Gasteiger partial charge in [-0.2, -0.15) is 0 Å². The predicted octanol–water partition coefficient (Wildman–Crippen LogP) is 5.47. The number of carboxylic acids is 1. The van der Waals surface area contributed by atoms with E-state index in [9.17, 15) is 20.0 Å². The number of non-ortho nitro benzene ring substituents is 1. The third kappa shape index (κ3) is 3.52. The fourth-order valence-electron chi connectivity index (χ4n) is 3.20. The van der Waals surface area contributed by atoms with Crippen molar-refractivity contribution in [1.29, 1.82) is 0 Å². The fourth-order valence-corrected chi connectivity index (χ4v) is 3.20. The van der Waals surface area contributed by atoms with Crippen molar-refractivity contribution >= 4 is 33.8 Å². The van der Waals surface area contributed by atoms with Gasteiger partial charge in [-0.25, -0.2) is 4.79 Å². The summed E-state index contributed by atoms with van der Waals surface area (Å²) in [5.41, 5.74) is 0.190. The van der Waals surface area contributed by atoms with Crippen molar-refractivity contribution < 1.29 is 24.3 Å². The first kappa shape index (κ1) is 18.5. The number of benzene rings is 3. The Morgan fingerprint density at radius 2 is 2.00 bits per heavy atom. The molecule has 1 heterocycles. The van der Waals surface area contributed by atoms with Gasteiger partial charge >= 0.3 is 5.97 Å². The molecule has 2 N–H and O–H groups in total. The Balaban J connectivity index is 1.74. The maximum atomic E-state index is 11.6. The van der Waals surface area contributed by atoms with E-state index in [2.05, 4.69) is 12.2 Å². The summed E-state index contributed by atoms with van der Waals surface area (Å²) >= 11 is 0. The van der Waals surface area contributed by atoms with Crippen molar-refractivity contribution in [2.24, 2.45) is 0 Å². The number of nitrogens with one attached hydrogen (secondary N) is 1. The van der Waals surface area contributed by atoms with Crippen LogP contribution in [0.3, 0.4) is 0 Å². The number of rotatable bonds is 6. The van der Waals surface area contributed by atoms with Gasteiger partial charge in [0.1, 0.15) is 5.75 Å². The normalized spacial score (nSPS) is 11.8. The quantitative estimate of drug-likeness (QED) is 0.253. The number of aromatic carboxylic acids is 1. The molecule has 0 amide bonds. The first-order valence-corrected chi connectivity index (χ1v) is 9.17. The highest BCUT2D eigenvalue weighted by Crippen LogP contribution is 2.47. The Morgan fingerprint density at radius 3 is 2.72 bits per heavy atom. The van der Waals surface area contributed by atoms with Gasteiger partial charge in [0.05, 0.1) is 34.5 Å². The molecule has 0 saturated carbocycles. The second-order valence-electron chi connectivity index (χ2n) is 6.72. The lowest BCUT2D eigenvalue weighted by atomic mass is 10.1. The average Bonchev–Trinajstić information content (AvgIpc) is 2.69. The van der Waals surface area contributed by atoms with Crippen molar-refractivity contribution in [2.45, 2.75) is 19.8 Å². The zero-order valence-electron chi connectivity index (χ0n) is 15.6. The SMILES string of the molecule is CCCCOc1ccc2cc3c(cc2c1)Nc1c(cc([N+](=O)[O-])cc1C(=O)O)O3. The van der Waals surface area contributed by atoms with E-state index in [0.29, 0.717) is 18.0 Å². The Morgan fingerprint density at radius 1 is 1.17 bits per heavy atom. The molecule has 0 radical (unpaired) electrons. The van der Waals surface area contributed by atoms with E-state index < -0.39 is 10.9 Å². The second-order valence-corrected chi connectivity index (χ2v) is 6.72. The van der Waals surface area contributed by atoms with E-state index in [0.717, 1.165) is 35.4 Å². The van der Waals surface area contributed by atoms with Crippen molar-refractivity contribution in [3.8, 4) is 17.2 Å². The van der Waals surface area contributed by atoms with Crippen LogP contribution in [0.1, 0.15) is 30.1 Å². The first-order valence-electron chi connectivity index (χ1n) is 9.17. The van der Waals surface area contributed by atoms with E-state index in [1.807, 2.05) is 24.3 Å². The number of fused-ring (bicyclic) bond motifs is 3. The number of hydrogen-bond acceptors (Lipinski definition) is 6. The third-order valence-corrected chi connectivity index (χ3v) is 4.68. The van der Waals surface area contributed by atoms with Gasteiger partial charge in [-0.1, -0.05) is 19.4 Å². The highest BCUT2D eigenvalue weighted by molar-refractivity contribution is 6.00. The monoisotopic (exact) mass is 394 g/mol. The summed E-state index contributed by atoms with van der Waals surface area (Å²) in [4.78, 5) is 22.1. The van der Waals surface area contributed by atoms with Crippen LogP contribution in [0.4, 0.5) is 17.1 Å². The van der Waals surface area contributed by atoms with Crippen LogP contribution in [0.2, 0.25) is 0 Å². The lowest BCUT2D eigenvalue weighted by Gasteiger charge is -2.23. The van der Waals surface area contributed by atoms with Crippen LogP contribution >= 0.6 is 0 Å². The smallest absolute Gasteiger partial charge is 0.338 e. The molecule has 1 aliphatic heterocycles. The molecule has 8 heteroatoms. The van der Waals surface area contributed by atoms with Gasteiger partial charge in [-0.05, 0) is 41.5 Å². The molecule has 148 valence electrons. The Labute approximate surface area is 165 Å². The van der Waals surface area contributed by atoms with Gasteiger partial charge in [0.2, 0.25) is 0 Å². The van der Waals surface area contributed by atoms with Gasteiger partial charge < -0.3 is 19.9 Å². The fraction of sp³-hybridized carbons (Fsp3) is 0.190. The minimum absolute atomic E-state index is 0.1000. The summed E-state index contributed by atoms with van der Waals surface area (Å²) in [6.07, 6.45) is 2.02. The molecule has 0 aliphatic carbocycles. The van der Waals surface area contributed by atoms with Gasteiger partial charge in [-0.15, -0.1) is 0 Å². The van der Waals surface area contributed by atoms with Crippen molar-refractivity contribution in [3.63, 3.8) is 0 Å². The average molecular weight is 394 g/mol. The van der Waals surface area contributed by atoms with Crippen LogP contribution in [0.15, 0.2) is 42.5 Å². The highest BCUT2D eigenvalue weighted by atomic mass is 16.6. The van der Waals surface area contributed by atoms with Crippen LogP contribution in [0.25, 0.3) is 10.8 Å². The third-order valence-electron chi connectivity index (χ3n) is 4.68. The molecule has 3 aromatic rings. The maximum absolute atomic E-state index is 11.6. The van der Waals surface area contributed by atoms with Crippen molar-refractivity contribution in [1.82, 2.24) is 0 Å². The molecular weight excluding hydrogens is 376 g/mol. The molecule has 0 bridgehead atoms. The Bertz CT molecular complexity index is 1140. The topological polar surface area (TPSA) is 111 Å². The molecule has 1 aliphatic rings. The molecule has 0 saturated heterocycles. The number of carbonyl (C=O) groups is 1. The molecule has 0 spiro atoms. The number of carboxylic acid groups (broad SMARTS) is 1. The lowest BCUT2D eigenvalue weighted by molar-refractivity contribution is -0.384. The van der Waals surface area contributed by atoms with Gasteiger partial charge in [0.25, 0.3) is 5.69 Å². The molecule has 3 aromatic carbocycles. The largest absolute Gasteiger partial charge is 0.494 e. The van der Waals surface area contributed by atoms with E-state index in [1.165, 1.54) is 6.07 Å². The van der Waals surface area contributed by atoms with Gasteiger partial charge in [-0.3, -0.25) is 10.1 Å². The molecule has 4 rings (SSSR count). The van der Waals surface area contributed by atoms with Crippen LogP contribution in [-0.2, 0) is 0 Å². The number of ether oxygens (including phenoxy) is 2. The summed E-state index contributed by atoms with van der Waals surface area (Å²) in [5.74, 6) is 0.0336. The van der Waals surface area contributed by atoms with Crippen molar-refractivity contribution in [2.75, 3.05) is 11.9 Å². The maximum Gasteiger partial charge on any atom is 0.338 e. The number of hydrogen-bond donors (Lipinski definition) is 2. The molecule has 0 atom stereocenters. The summed E-state index contributed by atoms with van der Waals surface area (Å²) < 4.78 is 11.6. The molecule has 0 fully saturated rings. The standard InChI is InChI=1S/C21H18N2O6/c1-2-3-6-28-15-5-4-12-9-18-17(8-13(12)7-15)22-20-16(21(24)25)10-14(23(26)27)11-19(20)29-18/h4-5,7-11,22H,2-3,6H2,1H3,(H,24,25). The summed E-state index contributed by atoms with van der Waals surface area (Å²) in [7, 11) is 0. The van der Waals surface area contributed by atoms with Crippen molar-refractivity contribution in [3.05, 3.63) is 58.1 Å². The number of anilines is 2. The highest BCUT2D eigenvalue weighted by Gasteiger charge is 2.27. The molecular formula is C21H18N2O6. The Hall–Kier alpha value is -3.81. The number of nitro benzene ring substituents is 1. The molecule has 8 nitrogen and oxygen atoms in total. The van der Waals surface area contributed by atoms with E-state index in [-0.39, 0.29) is 22.7 Å². The van der Waals surface area contributed by atoms with Gasteiger partial charge in [0, 0.05) is 6.07 Å². The van der Waals surface area contributed by atoms with E-state index in [4.69, 9.17) is 9.47 Å². The first-order chi connectivity index (χ1) is 14.0. The zero-order valence-corrected chi connectivity index (χ0v) is 15.6. The van der Waals surface area contributed by atoms with Gasteiger partial charge in [0.15, 0.2) is 11.5 Å². The van der Waals surface area contributed by atoms with E-state index >= 15 is 0 Å². The second kappa shape index (κ2) is 7.31. The molecule has 0 aromatic heterocycles. The van der Waals surface area contributed by atoms with Crippen LogP contribution in [0.5, 0.6) is 17.2 Å². The molecule has 0 unspecified atom stereocenters. The zero-order chi connectivity index (χ0) is 20.5. The minimum Gasteiger partial charge on any atom is -0.494 e. The predicted molar refractivity (Wildman–Crippen MR) is 108 cm³/mol. The minimum atomic E-state index is -1.28. The van der Waals surface area contributed by atoms with Crippen LogP contribution < -0.4 is 14.8 Å². The molecule has 29 heavy (non-hydrogen) atoms. The van der Waals surface area contributed by atoms with E-state index in [1.54, 1.807) is 6.07 Å². The number of nitro groups is 1. The van der Waals surface area contributed by atoms with Crippen LogP contribution in [-0.4, -0.2) is 22.6 Å². The number of unbranched alkanes of at least 4 members (excludes halogenated alkanes) is 1. The number of nitrogens with zero attached hydrogens (tertiary/aromatic N) is 1. The lowest BCUT2D eigenvalue weighted by Crippen LogP contribution is -2.10. The summed E-state index contributed by atoms with van der Waals surface area (Å²) in [6.45, 7) is 2.74.